The third kappa shape index (κ3) is 5.92. The second-order valence-electron chi connectivity index (χ2n) is 6.87. The molecule has 0 fully saturated rings. The van der Waals surface area contributed by atoms with Gasteiger partial charge in [0.05, 0.1) is 0 Å². The molecule has 8 heteroatoms. The molecule has 0 aliphatic carbocycles. The van der Waals surface area contributed by atoms with Crippen molar-refractivity contribution >= 4 is 23.1 Å². The summed E-state index contributed by atoms with van der Waals surface area (Å²) in [6.45, 7) is 2.15. The Bertz CT molecular complexity index is 972. The van der Waals surface area contributed by atoms with Crippen LogP contribution in [0, 0.1) is 5.82 Å². The number of nitrogens with one attached hydrogen (secondary N) is 2. The molecule has 0 bridgehead atoms. The largest absolute Gasteiger partial charge is 0.421 e. The highest BCUT2D eigenvalue weighted by Crippen LogP contribution is 2.35. The fourth-order valence-electron chi connectivity index (χ4n) is 2.91. The first-order valence-corrected chi connectivity index (χ1v) is 9.68. The molecule has 1 heterocycles. The Morgan fingerprint density at radius 2 is 1.70 bits per heavy atom. The molecule has 0 unspecified atom stereocenters. The van der Waals surface area contributed by atoms with E-state index in [9.17, 15) is 17.6 Å². The Morgan fingerprint density at radius 3 is 2.37 bits per heavy atom. The first-order valence-electron chi connectivity index (χ1n) is 9.68. The molecule has 0 spiro atoms. The highest BCUT2D eigenvalue weighted by molar-refractivity contribution is 5.63. The normalized spacial score (nSPS) is 11.4. The zero-order chi connectivity index (χ0) is 21.6. The predicted octanol–water partition coefficient (Wildman–Crippen LogP) is 6.85. The number of hydrogen-bond donors (Lipinski definition) is 2. The Kier molecular flexibility index (Phi) is 6.87. The standard InChI is InChI=1S/C22H22F4N4/c1-2-3-4-6-15-9-11-17(12-10-15)29-21-27-14-19(22(24,25)26)20(30-21)28-18-8-5-7-16(23)13-18/h5,7-14H,2-4,6H2,1H3,(H2,27,28,29,30). The summed E-state index contributed by atoms with van der Waals surface area (Å²) in [5.41, 5.74) is 0.965. The highest BCUT2D eigenvalue weighted by Gasteiger charge is 2.35. The van der Waals surface area contributed by atoms with Crippen LogP contribution in [0.4, 0.5) is 40.7 Å². The number of benzene rings is 2. The molecule has 3 rings (SSSR count). The number of aromatic nitrogens is 2. The van der Waals surface area contributed by atoms with E-state index in [0.29, 0.717) is 11.9 Å². The van der Waals surface area contributed by atoms with Crippen molar-refractivity contribution in [3.05, 3.63) is 71.7 Å². The maximum atomic E-state index is 13.4. The minimum Gasteiger partial charge on any atom is -0.339 e. The first kappa shape index (κ1) is 21.5. The Labute approximate surface area is 172 Å². The molecule has 0 aliphatic heterocycles. The van der Waals surface area contributed by atoms with Gasteiger partial charge in [-0.3, -0.25) is 0 Å². The van der Waals surface area contributed by atoms with Crippen LogP contribution in [0.15, 0.2) is 54.7 Å². The molecule has 0 radical (unpaired) electrons. The van der Waals surface area contributed by atoms with Crippen LogP contribution in [-0.4, -0.2) is 9.97 Å². The molecule has 2 aromatic carbocycles. The van der Waals surface area contributed by atoms with Gasteiger partial charge in [0.2, 0.25) is 5.95 Å². The number of halogens is 4. The van der Waals surface area contributed by atoms with Gasteiger partial charge in [0.1, 0.15) is 17.2 Å². The minimum atomic E-state index is -4.66. The van der Waals surface area contributed by atoms with E-state index in [4.69, 9.17) is 0 Å². The molecule has 1 aromatic heterocycles. The zero-order valence-corrected chi connectivity index (χ0v) is 16.4. The van der Waals surface area contributed by atoms with E-state index >= 15 is 0 Å². The summed E-state index contributed by atoms with van der Waals surface area (Å²) in [5.74, 6) is -1.03. The molecular weight excluding hydrogens is 396 g/mol. The van der Waals surface area contributed by atoms with Gasteiger partial charge in [-0.25, -0.2) is 9.37 Å². The van der Waals surface area contributed by atoms with Gasteiger partial charge in [0.15, 0.2) is 0 Å². The summed E-state index contributed by atoms with van der Waals surface area (Å²) in [5, 5.41) is 5.44. The van der Waals surface area contributed by atoms with Crippen molar-refractivity contribution in [2.24, 2.45) is 0 Å². The van der Waals surface area contributed by atoms with Crippen molar-refractivity contribution in [1.29, 1.82) is 0 Å². The van der Waals surface area contributed by atoms with Crippen molar-refractivity contribution in [1.82, 2.24) is 9.97 Å². The second kappa shape index (κ2) is 9.56. The van der Waals surface area contributed by atoms with Crippen LogP contribution in [0.2, 0.25) is 0 Å². The summed E-state index contributed by atoms with van der Waals surface area (Å²) in [7, 11) is 0. The monoisotopic (exact) mass is 418 g/mol. The SMILES string of the molecule is CCCCCc1ccc(Nc2ncc(C(F)(F)F)c(Nc3cccc(F)c3)n2)cc1. The maximum absolute atomic E-state index is 13.4. The molecule has 4 nitrogen and oxygen atoms in total. The van der Waals surface area contributed by atoms with Gasteiger partial charge >= 0.3 is 6.18 Å². The predicted molar refractivity (Wildman–Crippen MR) is 110 cm³/mol. The topological polar surface area (TPSA) is 49.8 Å². The van der Waals surface area contributed by atoms with Gasteiger partial charge in [-0.1, -0.05) is 38.0 Å². The third-order valence-corrected chi connectivity index (χ3v) is 4.46. The van der Waals surface area contributed by atoms with Crippen LogP contribution in [-0.2, 0) is 12.6 Å². The van der Waals surface area contributed by atoms with Crippen LogP contribution in [0.3, 0.4) is 0 Å². The fourth-order valence-corrected chi connectivity index (χ4v) is 2.91. The van der Waals surface area contributed by atoms with E-state index in [0.717, 1.165) is 25.3 Å². The average Bonchev–Trinajstić information content (AvgIpc) is 2.69. The Balaban J connectivity index is 1.80. The number of alkyl halides is 3. The van der Waals surface area contributed by atoms with E-state index < -0.39 is 23.4 Å². The minimum absolute atomic E-state index is 0.000589. The lowest BCUT2D eigenvalue weighted by molar-refractivity contribution is -0.137. The third-order valence-electron chi connectivity index (χ3n) is 4.46. The van der Waals surface area contributed by atoms with Gasteiger partial charge in [-0.05, 0) is 48.7 Å². The molecule has 30 heavy (non-hydrogen) atoms. The van der Waals surface area contributed by atoms with Crippen molar-refractivity contribution in [2.45, 2.75) is 38.8 Å². The van der Waals surface area contributed by atoms with Crippen molar-refractivity contribution in [3.8, 4) is 0 Å². The first-order chi connectivity index (χ1) is 14.3. The highest BCUT2D eigenvalue weighted by atomic mass is 19.4. The van der Waals surface area contributed by atoms with Gasteiger partial charge in [-0.2, -0.15) is 18.2 Å². The maximum Gasteiger partial charge on any atom is 0.421 e. The lowest BCUT2D eigenvalue weighted by atomic mass is 10.1. The van der Waals surface area contributed by atoms with Crippen LogP contribution in [0.5, 0.6) is 0 Å². The molecule has 0 saturated carbocycles. The summed E-state index contributed by atoms with van der Waals surface area (Å²) in [6, 6.07) is 12.7. The van der Waals surface area contributed by atoms with Gasteiger partial charge in [-0.15, -0.1) is 0 Å². The molecule has 0 amide bonds. The quantitative estimate of drug-likeness (QED) is 0.310. The number of unbranched alkanes of at least 4 members (excludes halogenated alkanes) is 2. The molecule has 3 aromatic rings. The molecule has 2 N–H and O–H groups in total. The molecular formula is C22H22F4N4. The summed E-state index contributed by atoms with van der Waals surface area (Å²) in [6.07, 6.45) is 0.453. The van der Waals surface area contributed by atoms with Crippen LogP contribution >= 0.6 is 0 Å². The van der Waals surface area contributed by atoms with Crippen molar-refractivity contribution in [2.75, 3.05) is 10.6 Å². The summed E-state index contributed by atoms with van der Waals surface area (Å²) >= 11 is 0. The van der Waals surface area contributed by atoms with Crippen LogP contribution < -0.4 is 10.6 Å². The zero-order valence-electron chi connectivity index (χ0n) is 16.4. The number of hydrogen-bond acceptors (Lipinski definition) is 4. The van der Waals surface area contributed by atoms with Crippen LogP contribution in [0.25, 0.3) is 0 Å². The van der Waals surface area contributed by atoms with E-state index in [1.165, 1.54) is 30.2 Å². The molecule has 0 atom stereocenters. The lowest BCUT2D eigenvalue weighted by Gasteiger charge is -2.15. The Morgan fingerprint density at radius 1 is 0.933 bits per heavy atom. The van der Waals surface area contributed by atoms with Crippen molar-refractivity contribution in [3.63, 3.8) is 0 Å². The molecule has 0 saturated heterocycles. The van der Waals surface area contributed by atoms with Gasteiger partial charge in [0.25, 0.3) is 0 Å². The molecule has 0 aliphatic rings. The fraction of sp³-hybridized carbons (Fsp3) is 0.273. The molecule has 158 valence electrons. The van der Waals surface area contributed by atoms with Crippen LogP contribution in [0.1, 0.15) is 37.3 Å². The summed E-state index contributed by atoms with van der Waals surface area (Å²) in [4.78, 5) is 7.75. The lowest BCUT2D eigenvalue weighted by Crippen LogP contribution is -2.12. The number of nitrogens with zero attached hydrogens (tertiary/aromatic N) is 2. The summed E-state index contributed by atoms with van der Waals surface area (Å²) < 4.78 is 53.4. The number of rotatable bonds is 8. The number of anilines is 4. The second-order valence-corrected chi connectivity index (χ2v) is 6.87. The van der Waals surface area contributed by atoms with E-state index in [2.05, 4.69) is 27.5 Å². The van der Waals surface area contributed by atoms with Crippen molar-refractivity contribution < 1.29 is 17.6 Å². The van der Waals surface area contributed by atoms with E-state index in [1.54, 1.807) is 0 Å². The van der Waals surface area contributed by atoms with E-state index in [1.807, 2.05) is 24.3 Å². The van der Waals surface area contributed by atoms with E-state index in [-0.39, 0.29) is 11.6 Å². The smallest absolute Gasteiger partial charge is 0.339 e. The number of aryl methyl sites for hydroxylation is 1. The Hall–Kier alpha value is -3.16. The average molecular weight is 418 g/mol. The van der Waals surface area contributed by atoms with Gasteiger partial charge < -0.3 is 10.6 Å². The van der Waals surface area contributed by atoms with Gasteiger partial charge in [0, 0.05) is 17.6 Å².